The third kappa shape index (κ3) is 4.54. The Morgan fingerprint density at radius 1 is 1.08 bits per heavy atom. The molecule has 6 heteroatoms. The van der Waals surface area contributed by atoms with Gasteiger partial charge in [0.1, 0.15) is 34.7 Å². The van der Waals surface area contributed by atoms with E-state index < -0.39 is 0 Å². The van der Waals surface area contributed by atoms with Crippen molar-refractivity contribution in [2.75, 3.05) is 0 Å². The molecule has 0 fully saturated rings. The Labute approximate surface area is 159 Å². The highest BCUT2D eigenvalue weighted by molar-refractivity contribution is 6.42. The van der Waals surface area contributed by atoms with Gasteiger partial charge in [-0.1, -0.05) is 29.3 Å². The summed E-state index contributed by atoms with van der Waals surface area (Å²) in [6, 6.07) is 13.9. The van der Waals surface area contributed by atoms with Gasteiger partial charge in [0.05, 0.1) is 5.02 Å². The monoisotopic (exact) mass is 390 g/mol. The highest BCUT2D eigenvalue weighted by Gasteiger charge is 2.08. The lowest BCUT2D eigenvalue weighted by Crippen LogP contribution is -1.94. The minimum absolute atomic E-state index is 0.166. The summed E-state index contributed by atoms with van der Waals surface area (Å²) < 4.78 is 24.0. The lowest BCUT2D eigenvalue weighted by molar-refractivity contribution is 0.104. The minimum atomic E-state index is -0.388. The van der Waals surface area contributed by atoms with E-state index in [0.717, 1.165) is 0 Å². The van der Waals surface area contributed by atoms with Crippen molar-refractivity contribution >= 4 is 35.1 Å². The van der Waals surface area contributed by atoms with Gasteiger partial charge in [-0.15, -0.1) is 0 Å². The highest BCUT2D eigenvalue weighted by atomic mass is 35.5. The van der Waals surface area contributed by atoms with Crippen molar-refractivity contribution in [1.82, 2.24) is 0 Å². The quantitative estimate of drug-likeness (QED) is 0.371. The molecular weight excluding hydrogens is 378 g/mol. The van der Waals surface area contributed by atoms with Crippen LogP contribution in [0.1, 0.15) is 21.9 Å². The Bertz CT molecular complexity index is 946. The van der Waals surface area contributed by atoms with Gasteiger partial charge in [0.15, 0.2) is 5.78 Å². The van der Waals surface area contributed by atoms with Crippen LogP contribution in [-0.4, -0.2) is 5.78 Å². The topological polar surface area (TPSA) is 39.4 Å². The van der Waals surface area contributed by atoms with Crippen molar-refractivity contribution in [2.24, 2.45) is 0 Å². The molecule has 0 unspecified atom stereocenters. The summed E-state index contributed by atoms with van der Waals surface area (Å²) in [6.07, 6.45) is 2.91. The normalized spacial score (nSPS) is 11.0. The molecule has 0 amide bonds. The molecule has 3 aromatic rings. The summed E-state index contributed by atoms with van der Waals surface area (Å²) in [5.74, 6) is 0.885. The molecular formula is C20H13Cl2FO3. The van der Waals surface area contributed by atoms with E-state index in [9.17, 15) is 9.18 Å². The molecule has 0 saturated carbocycles. The SMILES string of the molecule is O=C(/C=C/c1ccc(COc2cccc(Cl)c2Cl)o1)c1ccc(F)cc1. The molecule has 0 aliphatic carbocycles. The first-order chi connectivity index (χ1) is 12.5. The first-order valence-electron chi connectivity index (χ1n) is 7.66. The molecule has 0 bridgehead atoms. The van der Waals surface area contributed by atoms with Crippen LogP contribution in [-0.2, 0) is 6.61 Å². The molecule has 0 saturated heterocycles. The summed E-state index contributed by atoms with van der Waals surface area (Å²) in [6.45, 7) is 0.166. The van der Waals surface area contributed by atoms with Crippen molar-refractivity contribution in [3.05, 3.63) is 93.6 Å². The number of ether oxygens (including phenoxy) is 1. The van der Waals surface area contributed by atoms with E-state index in [-0.39, 0.29) is 18.2 Å². The van der Waals surface area contributed by atoms with Crippen molar-refractivity contribution in [3.63, 3.8) is 0 Å². The van der Waals surface area contributed by atoms with Crippen LogP contribution in [0.15, 0.2) is 65.1 Å². The first kappa shape index (κ1) is 18.2. The smallest absolute Gasteiger partial charge is 0.185 e. The average molecular weight is 391 g/mol. The maximum absolute atomic E-state index is 12.9. The van der Waals surface area contributed by atoms with Gasteiger partial charge in [-0.2, -0.15) is 0 Å². The van der Waals surface area contributed by atoms with Crippen LogP contribution >= 0.6 is 23.2 Å². The molecule has 3 rings (SSSR count). The Hall–Kier alpha value is -2.56. The van der Waals surface area contributed by atoms with Crippen LogP contribution < -0.4 is 4.74 Å². The zero-order valence-electron chi connectivity index (χ0n) is 13.4. The molecule has 1 heterocycles. The van der Waals surface area contributed by atoms with Crippen LogP contribution in [0, 0.1) is 5.82 Å². The van der Waals surface area contributed by atoms with E-state index in [2.05, 4.69) is 0 Å². The van der Waals surface area contributed by atoms with Crippen molar-refractivity contribution in [2.45, 2.75) is 6.61 Å². The maximum Gasteiger partial charge on any atom is 0.185 e. The van der Waals surface area contributed by atoms with Gasteiger partial charge < -0.3 is 9.15 Å². The number of furan rings is 1. The summed E-state index contributed by atoms with van der Waals surface area (Å²) in [5, 5.41) is 0.747. The van der Waals surface area contributed by atoms with Gasteiger partial charge >= 0.3 is 0 Å². The number of benzene rings is 2. The maximum atomic E-state index is 12.9. The number of allylic oxidation sites excluding steroid dienone is 1. The van der Waals surface area contributed by atoms with Gasteiger partial charge in [0.2, 0.25) is 0 Å². The zero-order chi connectivity index (χ0) is 18.5. The largest absolute Gasteiger partial charge is 0.484 e. The van der Waals surface area contributed by atoms with Crippen LogP contribution in [0.2, 0.25) is 10.0 Å². The van der Waals surface area contributed by atoms with E-state index in [1.54, 1.807) is 36.4 Å². The van der Waals surface area contributed by atoms with Gasteiger partial charge in [0, 0.05) is 5.56 Å². The van der Waals surface area contributed by atoms with E-state index in [1.807, 2.05) is 0 Å². The van der Waals surface area contributed by atoms with E-state index in [0.29, 0.717) is 32.9 Å². The van der Waals surface area contributed by atoms with Gasteiger partial charge in [-0.25, -0.2) is 4.39 Å². The molecule has 2 aromatic carbocycles. The number of hydrogen-bond donors (Lipinski definition) is 0. The second-order valence-corrected chi connectivity index (χ2v) is 6.13. The van der Waals surface area contributed by atoms with Crippen LogP contribution in [0.25, 0.3) is 6.08 Å². The number of carbonyl (C=O) groups is 1. The molecule has 3 nitrogen and oxygen atoms in total. The van der Waals surface area contributed by atoms with Crippen LogP contribution in [0.4, 0.5) is 4.39 Å². The molecule has 0 atom stereocenters. The Balaban J connectivity index is 1.61. The molecule has 0 spiro atoms. The molecule has 132 valence electrons. The second-order valence-electron chi connectivity index (χ2n) is 5.35. The fourth-order valence-electron chi connectivity index (χ4n) is 2.17. The van der Waals surface area contributed by atoms with Crippen molar-refractivity contribution in [1.29, 1.82) is 0 Å². The third-order valence-electron chi connectivity index (χ3n) is 3.50. The fraction of sp³-hybridized carbons (Fsp3) is 0.0500. The van der Waals surface area contributed by atoms with E-state index in [4.69, 9.17) is 32.4 Å². The molecule has 26 heavy (non-hydrogen) atoms. The molecule has 0 N–H and O–H groups in total. The molecule has 1 aromatic heterocycles. The number of hydrogen-bond acceptors (Lipinski definition) is 3. The number of ketones is 1. The lowest BCUT2D eigenvalue weighted by atomic mass is 10.1. The Morgan fingerprint density at radius 3 is 2.62 bits per heavy atom. The minimum Gasteiger partial charge on any atom is -0.484 e. The number of halogens is 3. The van der Waals surface area contributed by atoms with Crippen LogP contribution in [0.3, 0.4) is 0 Å². The van der Waals surface area contributed by atoms with Crippen molar-refractivity contribution < 1.29 is 18.3 Å². The van der Waals surface area contributed by atoms with E-state index in [1.165, 1.54) is 30.3 Å². The highest BCUT2D eigenvalue weighted by Crippen LogP contribution is 2.32. The fourth-order valence-corrected chi connectivity index (χ4v) is 2.52. The second kappa shape index (κ2) is 8.21. The standard InChI is InChI=1S/C20H13Cl2FO3/c21-17-2-1-3-19(20(17)22)25-12-16-9-8-15(26-16)10-11-18(24)13-4-6-14(23)7-5-13/h1-11H,12H2/b11-10+. The molecule has 0 aliphatic heterocycles. The Morgan fingerprint density at radius 2 is 1.85 bits per heavy atom. The first-order valence-corrected chi connectivity index (χ1v) is 8.42. The van der Waals surface area contributed by atoms with Gasteiger partial charge in [0.25, 0.3) is 0 Å². The van der Waals surface area contributed by atoms with Gasteiger partial charge in [-0.05, 0) is 60.7 Å². The summed E-state index contributed by atoms with van der Waals surface area (Å²) in [5.41, 5.74) is 0.397. The number of rotatable bonds is 6. The third-order valence-corrected chi connectivity index (χ3v) is 4.30. The summed E-state index contributed by atoms with van der Waals surface area (Å²) >= 11 is 12.0. The molecule has 0 radical (unpaired) electrons. The number of carbonyl (C=O) groups excluding carboxylic acids is 1. The van der Waals surface area contributed by atoms with Gasteiger partial charge in [-0.3, -0.25) is 4.79 Å². The Kier molecular flexibility index (Phi) is 5.76. The average Bonchev–Trinajstić information content (AvgIpc) is 3.09. The predicted octanol–water partition coefficient (Wildman–Crippen LogP) is 6.20. The lowest BCUT2D eigenvalue weighted by Gasteiger charge is -2.06. The van der Waals surface area contributed by atoms with Crippen molar-refractivity contribution in [3.8, 4) is 5.75 Å². The summed E-state index contributed by atoms with van der Waals surface area (Å²) in [4.78, 5) is 12.0. The van der Waals surface area contributed by atoms with Crippen LogP contribution in [0.5, 0.6) is 5.75 Å². The van der Waals surface area contributed by atoms with E-state index >= 15 is 0 Å². The predicted molar refractivity (Wildman–Crippen MR) is 99.3 cm³/mol. The summed E-state index contributed by atoms with van der Waals surface area (Å²) in [7, 11) is 0. The molecule has 0 aliphatic rings. The zero-order valence-corrected chi connectivity index (χ0v) is 14.9.